The number of rotatable bonds is 48. The maximum Gasteiger partial charge on any atom is 0.306 e. The lowest BCUT2D eigenvalue weighted by Gasteiger charge is -2.18. The smallest absolute Gasteiger partial charge is 0.306 e. The van der Waals surface area contributed by atoms with Crippen LogP contribution in [0.5, 0.6) is 0 Å². The summed E-state index contributed by atoms with van der Waals surface area (Å²) in [6.45, 7) is 6.45. The second-order valence-corrected chi connectivity index (χ2v) is 17.9. The average Bonchev–Trinajstić information content (AvgIpc) is 3.29. The molecule has 1 atom stereocenters. The van der Waals surface area contributed by atoms with Crippen molar-refractivity contribution in [2.24, 2.45) is 0 Å². The summed E-state index contributed by atoms with van der Waals surface area (Å²) in [6.07, 6.45) is 66.0. The van der Waals surface area contributed by atoms with Crippen LogP contribution < -0.4 is 0 Å². The van der Waals surface area contributed by atoms with Crippen LogP contribution in [-0.2, 0) is 28.6 Å². The largest absolute Gasteiger partial charge is 0.462 e. The van der Waals surface area contributed by atoms with Gasteiger partial charge >= 0.3 is 17.9 Å². The van der Waals surface area contributed by atoms with Crippen LogP contribution >= 0.6 is 0 Å². The third-order valence-corrected chi connectivity index (χ3v) is 11.6. The molecule has 0 aromatic carbocycles. The van der Waals surface area contributed by atoms with Crippen LogP contribution in [-0.4, -0.2) is 37.2 Å². The van der Waals surface area contributed by atoms with Gasteiger partial charge in [-0.15, -0.1) is 0 Å². The zero-order valence-electron chi connectivity index (χ0n) is 42.0. The Labute approximate surface area is 395 Å². The lowest BCUT2D eigenvalue weighted by molar-refractivity contribution is -0.167. The van der Waals surface area contributed by atoms with E-state index in [0.717, 1.165) is 70.6 Å². The molecule has 0 bridgehead atoms. The summed E-state index contributed by atoms with van der Waals surface area (Å²) in [5.74, 6) is -0.926. The number of allylic oxidation sites excluding steroid dienone is 12. The van der Waals surface area contributed by atoms with E-state index < -0.39 is 6.10 Å². The summed E-state index contributed by atoms with van der Waals surface area (Å²) in [4.78, 5) is 38.0. The van der Waals surface area contributed by atoms with Crippen molar-refractivity contribution in [2.75, 3.05) is 13.2 Å². The van der Waals surface area contributed by atoms with Crippen LogP contribution in [0.3, 0.4) is 0 Å². The van der Waals surface area contributed by atoms with E-state index in [-0.39, 0.29) is 31.1 Å². The Balaban J connectivity index is 4.38. The fraction of sp³-hybridized carbons (Fsp3) is 0.741. The van der Waals surface area contributed by atoms with Crippen molar-refractivity contribution in [1.82, 2.24) is 0 Å². The molecular weight excluding hydrogens is 793 g/mol. The first-order valence-electron chi connectivity index (χ1n) is 27.0. The van der Waals surface area contributed by atoms with E-state index >= 15 is 0 Å². The zero-order chi connectivity index (χ0) is 46.5. The number of hydrogen-bond acceptors (Lipinski definition) is 6. The molecule has 368 valence electrons. The van der Waals surface area contributed by atoms with Gasteiger partial charge in [-0.1, -0.05) is 248 Å². The summed E-state index contributed by atoms with van der Waals surface area (Å²) >= 11 is 0. The SMILES string of the molecule is CC/C=C/C=C/C=C/C=C/CCCCCC(=O)OCC(COC(=O)CCCCCCCCCCCC/C=C/C=C/CCCCC)OC(=O)CCCCCCCCCCCCCCCC. The Bertz CT molecular complexity index is 1210. The highest BCUT2D eigenvalue weighted by molar-refractivity contribution is 5.71. The zero-order valence-corrected chi connectivity index (χ0v) is 42.0. The first-order chi connectivity index (χ1) is 31.5. The van der Waals surface area contributed by atoms with E-state index in [4.69, 9.17) is 14.2 Å². The van der Waals surface area contributed by atoms with Crippen molar-refractivity contribution >= 4 is 17.9 Å². The minimum absolute atomic E-state index is 0.0882. The maximum absolute atomic E-state index is 12.8. The summed E-state index contributed by atoms with van der Waals surface area (Å²) in [6, 6.07) is 0. The van der Waals surface area contributed by atoms with Gasteiger partial charge in [0.05, 0.1) is 0 Å². The molecule has 0 heterocycles. The summed E-state index contributed by atoms with van der Waals surface area (Å²) in [7, 11) is 0. The van der Waals surface area contributed by atoms with Gasteiger partial charge < -0.3 is 14.2 Å². The molecule has 1 unspecified atom stereocenters. The van der Waals surface area contributed by atoms with Gasteiger partial charge in [-0.3, -0.25) is 14.4 Å². The molecule has 0 fully saturated rings. The third-order valence-electron chi connectivity index (χ3n) is 11.6. The molecule has 0 saturated carbocycles. The van der Waals surface area contributed by atoms with E-state index in [0.29, 0.717) is 19.3 Å². The van der Waals surface area contributed by atoms with Crippen molar-refractivity contribution in [1.29, 1.82) is 0 Å². The van der Waals surface area contributed by atoms with Crippen molar-refractivity contribution in [3.63, 3.8) is 0 Å². The summed E-state index contributed by atoms with van der Waals surface area (Å²) < 4.78 is 16.8. The second kappa shape index (κ2) is 52.5. The number of hydrogen-bond donors (Lipinski definition) is 0. The van der Waals surface area contributed by atoms with Crippen LogP contribution in [0.25, 0.3) is 0 Å². The molecule has 6 heteroatoms. The topological polar surface area (TPSA) is 78.9 Å². The molecule has 6 nitrogen and oxygen atoms in total. The highest BCUT2D eigenvalue weighted by Gasteiger charge is 2.19. The van der Waals surface area contributed by atoms with Crippen LogP contribution in [0.1, 0.15) is 258 Å². The number of carbonyl (C=O) groups is 3. The van der Waals surface area contributed by atoms with Gasteiger partial charge in [-0.05, 0) is 64.2 Å². The van der Waals surface area contributed by atoms with Crippen molar-refractivity contribution in [3.05, 3.63) is 72.9 Å². The molecule has 0 aliphatic carbocycles. The van der Waals surface area contributed by atoms with E-state index in [2.05, 4.69) is 63.3 Å². The first-order valence-corrected chi connectivity index (χ1v) is 27.0. The predicted octanol–water partition coefficient (Wildman–Crippen LogP) is 17.8. The normalized spacial score (nSPS) is 12.6. The predicted molar refractivity (Wildman–Crippen MR) is 274 cm³/mol. The number of ether oxygens (including phenoxy) is 3. The minimum atomic E-state index is -0.790. The Kier molecular flexibility index (Phi) is 49.9. The van der Waals surface area contributed by atoms with E-state index in [1.807, 2.05) is 30.4 Å². The van der Waals surface area contributed by atoms with E-state index in [1.165, 1.54) is 148 Å². The lowest BCUT2D eigenvalue weighted by Crippen LogP contribution is -2.30. The van der Waals surface area contributed by atoms with E-state index in [1.54, 1.807) is 0 Å². The van der Waals surface area contributed by atoms with Gasteiger partial charge in [0.2, 0.25) is 0 Å². The van der Waals surface area contributed by atoms with Gasteiger partial charge in [0.25, 0.3) is 0 Å². The molecule has 0 radical (unpaired) electrons. The monoisotopic (exact) mass is 893 g/mol. The molecule has 0 amide bonds. The number of esters is 3. The molecule has 0 aromatic heterocycles. The first kappa shape index (κ1) is 60.9. The molecule has 0 aromatic rings. The lowest BCUT2D eigenvalue weighted by atomic mass is 10.0. The van der Waals surface area contributed by atoms with Crippen molar-refractivity contribution in [3.8, 4) is 0 Å². The Morgan fingerprint density at radius 1 is 0.328 bits per heavy atom. The quantitative estimate of drug-likeness (QED) is 0.0262. The molecule has 0 spiro atoms. The van der Waals surface area contributed by atoms with Gasteiger partial charge in [0, 0.05) is 19.3 Å². The van der Waals surface area contributed by atoms with Gasteiger partial charge in [-0.25, -0.2) is 0 Å². The minimum Gasteiger partial charge on any atom is -0.462 e. The Hall–Kier alpha value is -3.15. The van der Waals surface area contributed by atoms with Crippen molar-refractivity contribution in [2.45, 2.75) is 264 Å². The summed E-state index contributed by atoms with van der Waals surface area (Å²) in [5, 5.41) is 0. The fourth-order valence-electron chi connectivity index (χ4n) is 7.50. The van der Waals surface area contributed by atoms with Gasteiger partial charge in [0.15, 0.2) is 6.10 Å². The van der Waals surface area contributed by atoms with Gasteiger partial charge in [0.1, 0.15) is 13.2 Å². The Morgan fingerprint density at radius 2 is 0.609 bits per heavy atom. The van der Waals surface area contributed by atoms with Crippen LogP contribution in [0.15, 0.2) is 72.9 Å². The van der Waals surface area contributed by atoms with Gasteiger partial charge in [-0.2, -0.15) is 0 Å². The molecular formula is C58H100O6. The molecule has 0 rings (SSSR count). The number of unbranched alkanes of at least 4 members (excludes halogenated alkanes) is 29. The van der Waals surface area contributed by atoms with E-state index in [9.17, 15) is 14.4 Å². The maximum atomic E-state index is 12.8. The Morgan fingerprint density at radius 3 is 1.02 bits per heavy atom. The second-order valence-electron chi connectivity index (χ2n) is 17.9. The average molecular weight is 893 g/mol. The highest BCUT2D eigenvalue weighted by atomic mass is 16.6. The molecule has 0 aliphatic rings. The summed E-state index contributed by atoms with van der Waals surface area (Å²) in [5.41, 5.74) is 0. The molecule has 0 aliphatic heterocycles. The molecule has 0 N–H and O–H groups in total. The fourth-order valence-corrected chi connectivity index (χ4v) is 7.50. The highest BCUT2D eigenvalue weighted by Crippen LogP contribution is 2.16. The van der Waals surface area contributed by atoms with Crippen LogP contribution in [0.2, 0.25) is 0 Å². The molecule has 0 saturated heterocycles. The number of carbonyl (C=O) groups excluding carboxylic acids is 3. The standard InChI is InChI=1S/C58H100O6/c1-4-7-10-13-16-19-22-25-27-28-29-30-31-34-36-39-42-45-48-51-57(60)63-54-55(53-62-56(59)50-47-44-41-38-35-32-24-21-18-15-12-9-6-3)64-58(61)52-49-46-43-40-37-33-26-23-20-17-14-11-8-5-2/h9,12,15-16,18-19,21-22,24-25,32,35,55H,4-8,10-11,13-14,17,20,23,26-31,33-34,36-54H2,1-3H3/b12-9+,18-15+,19-16+,24-21+,25-22+,35-32+. The van der Waals surface area contributed by atoms with Crippen molar-refractivity contribution < 1.29 is 28.6 Å². The molecule has 64 heavy (non-hydrogen) atoms. The van der Waals surface area contributed by atoms with Crippen LogP contribution in [0, 0.1) is 0 Å². The van der Waals surface area contributed by atoms with Crippen LogP contribution in [0.4, 0.5) is 0 Å². The third kappa shape index (κ3) is 49.9.